The van der Waals surface area contributed by atoms with E-state index in [1.165, 1.54) is 0 Å². The number of aromatic nitrogens is 1. The number of aryl methyl sites for hydroxylation is 1. The van der Waals surface area contributed by atoms with Crippen LogP contribution in [-0.4, -0.2) is 48.1 Å². The maximum Gasteiger partial charge on any atom is 0.264 e. The predicted octanol–water partition coefficient (Wildman–Crippen LogP) is 3.60. The molecular weight excluding hydrogens is 386 g/mol. The molecule has 6 heteroatoms. The highest BCUT2D eigenvalue weighted by molar-refractivity contribution is 6.31. The molecule has 1 N–H and O–H groups in total. The highest BCUT2D eigenvalue weighted by Gasteiger charge is 2.35. The lowest BCUT2D eigenvalue weighted by Gasteiger charge is -2.29. The number of hydrogen-bond acceptors (Lipinski definition) is 4. The third-order valence-corrected chi connectivity index (χ3v) is 5.91. The van der Waals surface area contributed by atoms with Crippen molar-refractivity contribution >= 4 is 28.4 Å². The van der Waals surface area contributed by atoms with Crippen molar-refractivity contribution in [1.82, 2.24) is 15.2 Å². The Morgan fingerprint density at radius 1 is 1.17 bits per heavy atom. The SMILES string of the molecule is Cc1ccc2c(-c3cc(Cl)cc4c3OC(C(=O)N3CCNCC3)C4)ccnc2c1. The van der Waals surface area contributed by atoms with Gasteiger partial charge in [0.15, 0.2) is 6.10 Å². The Morgan fingerprint density at radius 3 is 2.83 bits per heavy atom. The Balaban J connectivity index is 1.55. The number of amides is 1. The summed E-state index contributed by atoms with van der Waals surface area (Å²) in [5, 5.41) is 4.97. The number of ether oxygens (including phenoxy) is 1. The second-order valence-electron chi connectivity index (χ2n) is 7.71. The molecule has 2 aliphatic rings. The zero-order chi connectivity index (χ0) is 20.0. The molecule has 2 aliphatic heterocycles. The summed E-state index contributed by atoms with van der Waals surface area (Å²) in [6, 6.07) is 12.1. The molecule has 3 aromatic rings. The summed E-state index contributed by atoms with van der Waals surface area (Å²) in [7, 11) is 0. The standard InChI is InChI=1S/C23H22ClN3O2/c1-14-2-3-18-17(4-5-26-20(18)10-14)19-13-16(24)11-15-12-21(29-22(15)19)23(28)27-8-6-25-7-9-27/h2-5,10-11,13,21,25H,6-9,12H2,1H3. The van der Waals surface area contributed by atoms with Gasteiger partial charge in [-0.15, -0.1) is 0 Å². The number of carbonyl (C=O) groups excluding carboxylic acids is 1. The first-order chi connectivity index (χ1) is 14.1. The van der Waals surface area contributed by atoms with Gasteiger partial charge in [-0.25, -0.2) is 0 Å². The van der Waals surface area contributed by atoms with Crippen molar-refractivity contribution in [3.8, 4) is 16.9 Å². The Kier molecular flexibility index (Phi) is 4.64. The number of benzene rings is 2. The molecule has 0 bridgehead atoms. The molecule has 0 radical (unpaired) electrons. The Hall–Kier alpha value is -2.63. The first-order valence-corrected chi connectivity index (χ1v) is 10.3. The van der Waals surface area contributed by atoms with Gasteiger partial charge in [0.2, 0.25) is 0 Å². The number of piperazine rings is 1. The zero-order valence-electron chi connectivity index (χ0n) is 16.2. The molecule has 0 spiro atoms. The second-order valence-corrected chi connectivity index (χ2v) is 8.14. The van der Waals surface area contributed by atoms with Gasteiger partial charge in [0, 0.05) is 60.3 Å². The molecule has 1 aromatic heterocycles. The number of nitrogens with one attached hydrogen (secondary N) is 1. The quantitative estimate of drug-likeness (QED) is 0.705. The molecule has 5 nitrogen and oxygen atoms in total. The van der Waals surface area contributed by atoms with E-state index in [4.69, 9.17) is 16.3 Å². The van der Waals surface area contributed by atoms with Crippen LogP contribution in [0.3, 0.4) is 0 Å². The maximum atomic E-state index is 13.0. The van der Waals surface area contributed by atoms with Crippen LogP contribution in [-0.2, 0) is 11.2 Å². The minimum atomic E-state index is -0.490. The fourth-order valence-corrected chi connectivity index (χ4v) is 4.48. The zero-order valence-corrected chi connectivity index (χ0v) is 17.0. The molecule has 1 unspecified atom stereocenters. The minimum absolute atomic E-state index is 0.0555. The number of rotatable bonds is 2. The lowest BCUT2D eigenvalue weighted by molar-refractivity contribution is -0.138. The first kappa shape index (κ1) is 18.4. The van der Waals surface area contributed by atoms with Crippen molar-refractivity contribution in [1.29, 1.82) is 0 Å². The van der Waals surface area contributed by atoms with Crippen molar-refractivity contribution in [2.75, 3.05) is 26.2 Å². The Labute approximate surface area is 174 Å². The number of halogens is 1. The highest BCUT2D eigenvalue weighted by Crippen LogP contribution is 2.43. The lowest BCUT2D eigenvalue weighted by atomic mass is 9.97. The summed E-state index contributed by atoms with van der Waals surface area (Å²) >= 11 is 6.46. The van der Waals surface area contributed by atoms with E-state index in [0.717, 1.165) is 65.1 Å². The number of nitrogens with zero attached hydrogens (tertiary/aromatic N) is 2. The van der Waals surface area contributed by atoms with Gasteiger partial charge in [0.1, 0.15) is 5.75 Å². The van der Waals surface area contributed by atoms with Gasteiger partial charge in [0.05, 0.1) is 5.52 Å². The van der Waals surface area contributed by atoms with Gasteiger partial charge in [-0.2, -0.15) is 0 Å². The van der Waals surface area contributed by atoms with Crippen LogP contribution in [0.1, 0.15) is 11.1 Å². The van der Waals surface area contributed by atoms with Crippen LogP contribution in [0.15, 0.2) is 42.6 Å². The van der Waals surface area contributed by atoms with E-state index in [-0.39, 0.29) is 5.91 Å². The Bertz CT molecular complexity index is 1110. The van der Waals surface area contributed by atoms with E-state index >= 15 is 0 Å². The van der Waals surface area contributed by atoms with Crippen molar-refractivity contribution in [2.45, 2.75) is 19.4 Å². The smallest absolute Gasteiger partial charge is 0.264 e. The third kappa shape index (κ3) is 3.34. The van der Waals surface area contributed by atoms with Crippen LogP contribution in [0, 0.1) is 6.92 Å². The van der Waals surface area contributed by atoms with Gasteiger partial charge >= 0.3 is 0 Å². The average Bonchev–Trinajstić information content (AvgIpc) is 3.16. The van der Waals surface area contributed by atoms with Crippen LogP contribution in [0.2, 0.25) is 5.02 Å². The molecule has 3 heterocycles. The topological polar surface area (TPSA) is 54.5 Å². The van der Waals surface area contributed by atoms with E-state index in [2.05, 4.69) is 35.4 Å². The fourth-order valence-electron chi connectivity index (χ4n) is 4.24. The van der Waals surface area contributed by atoms with Crippen molar-refractivity contribution < 1.29 is 9.53 Å². The molecule has 5 rings (SSSR count). The van der Waals surface area contributed by atoms with E-state index in [1.54, 1.807) is 0 Å². The molecule has 148 valence electrons. The van der Waals surface area contributed by atoms with E-state index in [1.807, 2.05) is 29.3 Å². The van der Waals surface area contributed by atoms with Crippen LogP contribution in [0.5, 0.6) is 5.75 Å². The predicted molar refractivity (Wildman–Crippen MR) is 114 cm³/mol. The number of carbonyl (C=O) groups is 1. The van der Waals surface area contributed by atoms with Crippen LogP contribution >= 0.6 is 11.6 Å². The van der Waals surface area contributed by atoms with Crippen molar-refractivity contribution in [3.63, 3.8) is 0 Å². The summed E-state index contributed by atoms with van der Waals surface area (Å²) in [6.07, 6.45) is 1.87. The van der Waals surface area contributed by atoms with Gasteiger partial charge in [-0.3, -0.25) is 9.78 Å². The molecule has 0 saturated carbocycles. The van der Waals surface area contributed by atoms with Crippen LogP contribution in [0.4, 0.5) is 0 Å². The monoisotopic (exact) mass is 407 g/mol. The molecule has 0 aliphatic carbocycles. The normalized spacial score (nSPS) is 18.6. The molecule has 1 fully saturated rings. The molecule has 1 atom stereocenters. The largest absolute Gasteiger partial charge is 0.479 e. The fraction of sp³-hybridized carbons (Fsp3) is 0.304. The van der Waals surface area contributed by atoms with Gasteiger partial charge in [-0.1, -0.05) is 23.7 Å². The summed E-state index contributed by atoms with van der Waals surface area (Å²) in [6.45, 7) is 5.14. The lowest BCUT2D eigenvalue weighted by Crippen LogP contribution is -2.50. The van der Waals surface area contributed by atoms with E-state index in [0.29, 0.717) is 11.4 Å². The Morgan fingerprint density at radius 2 is 2.00 bits per heavy atom. The summed E-state index contributed by atoms with van der Waals surface area (Å²) in [4.78, 5) is 19.4. The van der Waals surface area contributed by atoms with Gasteiger partial charge in [0.25, 0.3) is 5.91 Å². The maximum absolute atomic E-state index is 13.0. The van der Waals surface area contributed by atoms with Gasteiger partial charge in [-0.05, 0) is 42.3 Å². The molecule has 29 heavy (non-hydrogen) atoms. The minimum Gasteiger partial charge on any atom is -0.479 e. The number of fused-ring (bicyclic) bond motifs is 2. The van der Waals surface area contributed by atoms with Gasteiger partial charge < -0.3 is 15.0 Å². The molecule has 1 saturated heterocycles. The van der Waals surface area contributed by atoms with Crippen LogP contribution in [0.25, 0.3) is 22.0 Å². The van der Waals surface area contributed by atoms with Crippen LogP contribution < -0.4 is 10.1 Å². The third-order valence-electron chi connectivity index (χ3n) is 5.69. The molecule has 2 aromatic carbocycles. The van der Waals surface area contributed by atoms with Crippen molar-refractivity contribution in [2.24, 2.45) is 0 Å². The average molecular weight is 408 g/mol. The number of pyridine rings is 1. The number of hydrogen-bond donors (Lipinski definition) is 1. The highest BCUT2D eigenvalue weighted by atomic mass is 35.5. The summed E-state index contributed by atoms with van der Waals surface area (Å²) < 4.78 is 6.24. The van der Waals surface area contributed by atoms with Crippen molar-refractivity contribution in [3.05, 3.63) is 58.7 Å². The van der Waals surface area contributed by atoms with E-state index in [9.17, 15) is 4.79 Å². The summed E-state index contributed by atoms with van der Waals surface area (Å²) in [5.74, 6) is 0.816. The first-order valence-electron chi connectivity index (χ1n) is 9.94. The molecule has 1 amide bonds. The van der Waals surface area contributed by atoms with E-state index < -0.39 is 6.10 Å². The second kappa shape index (κ2) is 7.32. The summed E-state index contributed by atoms with van der Waals surface area (Å²) in [5.41, 5.74) is 5.01. The molecular formula is C23H22ClN3O2.